The van der Waals surface area contributed by atoms with Gasteiger partial charge in [0.2, 0.25) is 5.91 Å². The van der Waals surface area contributed by atoms with Crippen LogP contribution in [0.5, 0.6) is 0 Å². The van der Waals surface area contributed by atoms with Gasteiger partial charge in [-0.25, -0.2) is 0 Å². The highest BCUT2D eigenvalue weighted by Gasteiger charge is 2.30. The number of hydrogen-bond acceptors (Lipinski definition) is 3. The largest absolute Gasteiger partial charge is 0.342 e. The quantitative estimate of drug-likeness (QED) is 0.734. The molecule has 1 unspecified atom stereocenters. The smallest absolute Gasteiger partial charge is 0.240 e. The van der Waals surface area contributed by atoms with Crippen molar-refractivity contribution in [3.8, 4) is 0 Å². The molecule has 0 heterocycles. The lowest BCUT2D eigenvalue weighted by molar-refractivity contribution is -0.134. The predicted molar refractivity (Wildman–Crippen MR) is 82.1 cm³/mol. The molecule has 1 amide bonds. The first-order valence-corrected chi connectivity index (χ1v) is 7.54. The van der Waals surface area contributed by atoms with Gasteiger partial charge in [-0.1, -0.05) is 34.6 Å². The van der Waals surface area contributed by atoms with E-state index in [1.54, 1.807) is 0 Å². The van der Waals surface area contributed by atoms with E-state index in [-0.39, 0.29) is 11.3 Å². The molecule has 4 nitrogen and oxygen atoms in total. The Morgan fingerprint density at radius 2 is 1.58 bits per heavy atom. The van der Waals surface area contributed by atoms with Crippen molar-refractivity contribution in [3.63, 3.8) is 0 Å². The first kappa shape index (κ1) is 18.4. The minimum atomic E-state index is -0.416. The van der Waals surface area contributed by atoms with E-state index in [2.05, 4.69) is 18.7 Å². The van der Waals surface area contributed by atoms with Gasteiger partial charge in [0, 0.05) is 13.1 Å². The number of amides is 1. The second-order valence-corrected chi connectivity index (χ2v) is 6.14. The molecule has 0 aliphatic rings. The van der Waals surface area contributed by atoms with Crippen LogP contribution in [0, 0.1) is 5.41 Å². The number of nitrogens with zero attached hydrogens (tertiary/aromatic N) is 2. The molecule has 0 aromatic carbocycles. The van der Waals surface area contributed by atoms with E-state index in [4.69, 9.17) is 5.73 Å². The molecule has 2 N–H and O–H groups in total. The number of carbonyl (C=O) groups excluding carboxylic acids is 1. The summed E-state index contributed by atoms with van der Waals surface area (Å²) >= 11 is 0. The summed E-state index contributed by atoms with van der Waals surface area (Å²) in [5.74, 6) is 0.0783. The molecule has 0 radical (unpaired) electrons. The molecule has 0 saturated heterocycles. The molecule has 0 fully saturated rings. The van der Waals surface area contributed by atoms with E-state index in [0.29, 0.717) is 0 Å². The topological polar surface area (TPSA) is 49.6 Å². The molecule has 0 spiro atoms. The van der Waals surface area contributed by atoms with Gasteiger partial charge in [-0.2, -0.15) is 0 Å². The number of hydrogen-bond donors (Lipinski definition) is 1. The molecule has 4 heteroatoms. The first-order valence-electron chi connectivity index (χ1n) is 7.54. The minimum Gasteiger partial charge on any atom is -0.342 e. The Balaban J connectivity index is 4.31. The van der Waals surface area contributed by atoms with Crippen LogP contribution in [0.1, 0.15) is 48.0 Å². The standard InChI is InChI=1S/C15H33N3O/c1-7-17(8-2)11-10-12-18(9-3)14(19)13(16)15(4,5)6/h13H,7-12,16H2,1-6H3. The Morgan fingerprint density at radius 1 is 1.05 bits per heavy atom. The van der Waals surface area contributed by atoms with E-state index < -0.39 is 6.04 Å². The van der Waals surface area contributed by atoms with Crippen molar-refractivity contribution in [1.82, 2.24) is 9.80 Å². The highest BCUT2D eigenvalue weighted by atomic mass is 16.2. The van der Waals surface area contributed by atoms with Crippen molar-refractivity contribution in [2.24, 2.45) is 11.1 Å². The summed E-state index contributed by atoms with van der Waals surface area (Å²) in [4.78, 5) is 16.6. The van der Waals surface area contributed by atoms with Crippen LogP contribution in [0.4, 0.5) is 0 Å². The molecule has 0 aliphatic carbocycles. The Morgan fingerprint density at radius 3 is 1.95 bits per heavy atom. The van der Waals surface area contributed by atoms with E-state index >= 15 is 0 Å². The predicted octanol–water partition coefficient (Wildman–Crippen LogP) is 1.94. The van der Waals surface area contributed by atoms with Crippen molar-refractivity contribution in [3.05, 3.63) is 0 Å². The zero-order valence-electron chi connectivity index (χ0n) is 13.7. The van der Waals surface area contributed by atoms with Crippen molar-refractivity contribution < 1.29 is 4.79 Å². The van der Waals surface area contributed by atoms with Crippen LogP contribution < -0.4 is 5.73 Å². The summed E-state index contributed by atoms with van der Waals surface area (Å²) in [5, 5.41) is 0. The zero-order chi connectivity index (χ0) is 15.1. The Hall–Kier alpha value is -0.610. The summed E-state index contributed by atoms with van der Waals surface area (Å²) in [7, 11) is 0. The molecule has 0 aliphatic heterocycles. The molecule has 0 bridgehead atoms. The van der Waals surface area contributed by atoms with Crippen LogP contribution in [-0.2, 0) is 4.79 Å². The van der Waals surface area contributed by atoms with Crippen molar-refractivity contribution in [2.75, 3.05) is 32.7 Å². The van der Waals surface area contributed by atoms with E-state index in [1.807, 2.05) is 32.6 Å². The third-order valence-electron chi connectivity index (χ3n) is 3.69. The van der Waals surface area contributed by atoms with Gasteiger partial charge in [-0.05, 0) is 38.4 Å². The molecule has 0 aromatic heterocycles. The average molecular weight is 271 g/mol. The lowest BCUT2D eigenvalue weighted by Gasteiger charge is -2.32. The molecular weight excluding hydrogens is 238 g/mol. The average Bonchev–Trinajstić information content (AvgIpc) is 2.36. The van der Waals surface area contributed by atoms with Crippen LogP contribution in [0.15, 0.2) is 0 Å². The first-order chi connectivity index (χ1) is 8.77. The van der Waals surface area contributed by atoms with Crippen LogP contribution in [-0.4, -0.2) is 54.5 Å². The summed E-state index contributed by atoms with van der Waals surface area (Å²) in [6, 6.07) is -0.416. The SMILES string of the molecule is CCN(CC)CCCN(CC)C(=O)C(N)C(C)(C)C. The van der Waals surface area contributed by atoms with E-state index in [0.717, 1.165) is 39.1 Å². The summed E-state index contributed by atoms with van der Waals surface area (Å²) in [6.45, 7) is 17.1. The molecular formula is C15H33N3O. The maximum absolute atomic E-state index is 12.3. The van der Waals surface area contributed by atoms with Crippen molar-refractivity contribution in [1.29, 1.82) is 0 Å². The number of likely N-dealkylation sites (N-methyl/N-ethyl adjacent to an activating group) is 1. The summed E-state index contributed by atoms with van der Waals surface area (Å²) < 4.78 is 0. The third kappa shape index (κ3) is 6.39. The fourth-order valence-electron chi connectivity index (χ4n) is 2.02. The van der Waals surface area contributed by atoms with Crippen LogP contribution in [0.3, 0.4) is 0 Å². The second-order valence-electron chi connectivity index (χ2n) is 6.14. The lowest BCUT2D eigenvalue weighted by atomic mass is 9.86. The van der Waals surface area contributed by atoms with Gasteiger partial charge >= 0.3 is 0 Å². The minimum absolute atomic E-state index is 0.0783. The van der Waals surface area contributed by atoms with E-state index in [1.165, 1.54) is 0 Å². The second kappa shape index (κ2) is 8.54. The van der Waals surface area contributed by atoms with Gasteiger partial charge in [-0.15, -0.1) is 0 Å². The summed E-state index contributed by atoms with van der Waals surface area (Å²) in [6.07, 6.45) is 1.01. The van der Waals surface area contributed by atoms with Gasteiger partial charge in [0.05, 0.1) is 6.04 Å². The highest BCUT2D eigenvalue weighted by molar-refractivity contribution is 5.82. The van der Waals surface area contributed by atoms with Gasteiger partial charge in [-0.3, -0.25) is 4.79 Å². The Labute approximate surface area is 119 Å². The Kier molecular flexibility index (Phi) is 8.26. The fraction of sp³-hybridized carbons (Fsp3) is 0.933. The Bertz CT molecular complexity index is 257. The van der Waals surface area contributed by atoms with Gasteiger partial charge in [0.25, 0.3) is 0 Å². The molecule has 0 rings (SSSR count). The maximum atomic E-state index is 12.3. The van der Waals surface area contributed by atoms with Crippen molar-refractivity contribution in [2.45, 2.75) is 54.0 Å². The zero-order valence-corrected chi connectivity index (χ0v) is 13.7. The molecule has 1 atom stereocenters. The highest BCUT2D eigenvalue weighted by Crippen LogP contribution is 2.19. The molecule has 0 saturated carbocycles. The van der Waals surface area contributed by atoms with Crippen molar-refractivity contribution >= 4 is 5.91 Å². The molecule has 19 heavy (non-hydrogen) atoms. The number of carbonyl (C=O) groups is 1. The van der Waals surface area contributed by atoms with Crippen LogP contribution >= 0.6 is 0 Å². The third-order valence-corrected chi connectivity index (χ3v) is 3.69. The normalized spacial score (nSPS) is 13.7. The lowest BCUT2D eigenvalue weighted by Crippen LogP contribution is -2.50. The number of nitrogens with two attached hydrogens (primary N) is 1. The van der Waals surface area contributed by atoms with Gasteiger partial charge in [0.1, 0.15) is 0 Å². The monoisotopic (exact) mass is 271 g/mol. The van der Waals surface area contributed by atoms with E-state index in [9.17, 15) is 4.79 Å². The maximum Gasteiger partial charge on any atom is 0.240 e. The molecule has 114 valence electrons. The fourth-order valence-corrected chi connectivity index (χ4v) is 2.02. The van der Waals surface area contributed by atoms with Crippen LogP contribution in [0.2, 0.25) is 0 Å². The van der Waals surface area contributed by atoms with Gasteiger partial charge < -0.3 is 15.5 Å². The van der Waals surface area contributed by atoms with Crippen LogP contribution in [0.25, 0.3) is 0 Å². The summed E-state index contributed by atoms with van der Waals surface area (Å²) in [5.41, 5.74) is 5.88. The molecule has 0 aromatic rings. The number of rotatable bonds is 8. The van der Waals surface area contributed by atoms with Gasteiger partial charge in [0.15, 0.2) is 0 Å².